The molecule has 5 heteroatoms. The Hall–Kier alpha value is -2.35. The monoisotopic (exact) mass is 228 g/mol. The van der Waals surface area contributed by atoms with Crippen molar-refractivity contribution < 1.29 is 4.79 Å². The minimum Gasteiger partial charge on any atom is -0.351 e. The fraction of sp³-hybridized carbons (Fsp3) is 0.250. The van der Waals surface area contributed by atoms with Gasteiger partial charge in [0.15, 0.2) is 0 Å². The van der Waals surface area contributed by atoms with Gasteiger partial charge in [0.05, 0.1) is 23.7 Å². The van der Waals surface area contributed by atoms with Gasteiger partial charge in [-0.3, -0.25) is 9.89 Å². The van der Waals surface area contributed by atoms with E-state index in [1.54, 1.807) is 25.3 Å². The molecule has 1 unspecified atom stereocenters. The quantitative estimate of drug-likeness (QED) is 0.834. The zero-order valence-electron chi connectivity index (χ0n) is 9.40. The molecule has 1 aromatic carbocycles. The molecule has 2 N–H and O–H groups in total. The molecular formula is C12H12N4O. The summed E-state index contributed by atoms with van der Waals surface area (Å²) in [5, 5.41) is 19.0. The van der Waals surface area contributed by atoms with Crippen LogP contribution in [-0.4, -0.2) is 22.6 Å². The number of carbonyl (C=O) groups excluding carboxylic acids is 1. The lowest BCUT2D eigenvalue weighted by atomic mass is 10.1. The van der Waals surface area contributed by atoms with E-state index in [-0.39, 0.29) is 11.8 Å². The van der Waals surface area contributed by atoms with E-state index >= 15 is 0 Å². The van der Waals surface area contributed by atoms with Gasteiger partial charge < -0.3 is 5.32 Å². The summed E-state index contributed by atoms with van der Waals surface area (Å²) in [7, 11) is 0. The van der Waals surface area contributed by atoms with Gasteiger partial charge in [0.2, 0.25) is 0 Å². The molecule has 0 fully saturated rings. The number of hydrogen-bond donors (Lipinski definition) is 2. The molecule has 17 heavy (non-hydrogen) atoms. The highest BCUT2D eigenvalue weighted by Gasteiger charge is 2.08. The maximum Gasteiger partial charge on any atom is 0.251 e. The molecule has 2 aromatic rings. The van der Waals surface area contributed by atoms with Crippen LogP contribution in [0.2, 0.25) is 0 Å². The smallest absolute Gasteiger partial charge is 0.251 e. The van der Waals surface area contributed by atoms with E-state index in [1.807, 2.05) is 6.07 Å². The molecule has 2 rings (SSSR count). The fourth-order valence-corrected chi connectivity index (χ4v) is 1.47. The summed E-state index contributed by atoms with van der Waals surface area (Å²) in [4.78, 5) is 11.8. The van der Waals surface area contributed by atoms with Crippen molar-refractivity contribution in [3.8, 4) is 6.07 Å². The van der Waals surface area contributed by atoms with Gasteiger partial charge >= 0.3 is 0 Å². The number of fused-ring (bicyclic) bond motifs is 1. The maximum atomic E-state index is 11.8. The predicted molar refractivity (Wildman–Crippen MR) is 63.2 cm³/mol. The molecule has 5 nitrogen and oxygen atoms in total. The van der Waals surface area contributed by atoms with Crippen molar-refractivity contribution in [1.82, 2.24) is 15.5 Å². The van der Waals surface area contributed by atoms with E-state index in [0.29, 0.717) is 12.1 Å². The largest absolute Gasteiger partial charge is 0.351 e. The Labute approximate surface area is 98.4 Å². The SMILES string of the molecule is CC(C#N)CNC(=O)c1ccc2cn[nH]c2c1. The first-order valence-electron chi connectivity index (χ1n) is 5.31. The minimum atomic E-state index is -0.185. The average Bonchev–Trinajstić information content (AvgIpc) is 2.82. The van der Waals surface area contributed by atoms with Gasteiger partial charge in [0, 0.05) is 17.5 Å². The van der Waals surface area contributed by atoms with Crippen molar-refractivity contribution in [2.45, 2.75) is 6.92 Å². The van der Waals surface area contributed by atoms with Crippen molar-refractivity contribution in [3.05, 3.63) is 30.0 Å². The zero-order valence-corrected chi connectivity index (χ0v) is 9.40. The summed E-state index contributed by atoms with van der Waals surface area (Å²) in [6.45, 7) is 2.12. The Morgan fingerprint density at radius 2 is 2.47 bits per heavy atom. The van der Waals surface area contributed by atoms with Crippen molar-refractivity contribution in [1.29, 1.82) is 5.26 Å². The molecule has 86 valence electrons. The molecule has 0 aliphatic heterocycles. The summed E-state index contributed by atoms with van der Waals surface area (Å²) in [6, 6.07) is 7.39. The third-order valence-electron chi connectivity index (χ3n) is 2.49. The topological polar surface area (TPSA) is 81.6 Å². The number of amides is 1. The van der Waals surface area contributed by atoms with Crippen molar-refractivity contribution in [2.75, 3.05) is 6.54 Å². The Morgan fingerprint density at radius 3 is 3.24 bits per heavy atom. The van der Waals surface area contributed by atoms with Crippen molar-refractivity contribution in [2.24, 2.45) is 5.92 Å². The maximum absolute atomic E-state index is 11.8. The van der Waals surface area contributed by atoms with Gasteiger partial charge in [-0.1, -0.05) is 6.07 Å². The number of benzene rings is 1. The molecule has 0 aliphatic carbocycles. The van der Waals surface area contributed by atoms with Crippen LogP contribution in [-0.2, 0) is 0 Å². The molecule has 0 radical (unpaired) electrons. The molecule has 0 saturated carbocycles. The number of aromatic amines is 1. The van der Waals surface area contributed by atoms with E-state index in [9.17, 15) is 4.79 Å². The Bertz CT molecular complexity index is 581. The van der Waals surface area contributed by atoms with Crippen LogP contribution in [0.5, 0.6) is 0 Å². The first kappa shape index (κ1) is 11.1. The van der Waals surface area contributed by atoms with E-state index in [0.717, 1.165) is 10.9 Å². The van der Waals surface area contributed by atoms with E-state index in [2.05, 4.69) is 21.6 Å². The lowest BCUT2D eigenvalue weighted by Gasteiger charge is -2.05. The number of nitrogens with one attached hydrogen (secondary N) is 2. The van der Waals surface area contributed by atoms with Gasteiger partial charge in [-0.25, -0.2) is 0 Å². The third-order valence-corrected chi connectivity index (χ3v) is 2.49. The Morgan fingerprint density at radius 1 is 1.65 bits per heavy atom. The molecular weight excluding hydrogens is 216 g/mol. The average molecular weight is 228 g/mol. The number of rotatable bonds is 3. The highest BCUT2D eigenvalue weighted by molar-refractivity contribution is 5.97. The molecule has 1 amide bonds. The van der Waals surface area contributed by atoms with Crippen LogP contribution in [0.15, 0.2) is 24.4 Å². The second-order valence-corrected chi connectivity index (χ2v) is 3.91. The second-order valence-electron chi connectivity index (χ2n) is 3.91. The number of nitrogens with zero attached hydrogens (tertiary/aromatic N) is 2. The summed E-state index contributed by atoms with van der Waals surface area (Å²) in [6.07, 6.45) is 1.70. The van der Waals surface area contributed by atoms with Crippen LogP contribution >= 0.6 is 0 Å². The Kier molecular flexibility index (Phi) is 3.06. The molecule has 1 atom stereocenters. The van der Waals surface area contributed by atoms with E-state index < -0.39 is 0 Å². The summed E-state index contributed by atoms with van der Waals surface area (Å²) in [5.74, 6) is -0.363. The van der Waals surface area contributed by atoms with Crippen LogP contribution in [0.4, 0.5) is 0 Å². The summed E-state index contributed by atoms with van der Waals surface area (Å²) >= 11 is 0. The lowest BCUT2D eigenvalue weighted by Crippen LogP contribution is -2.27. The second kappa shape index (κ2) is 4.66. The van der Waals surface area contributed by atoms with Gasteiger partial charge in [0.25, 0.3) is 5.91 Å². The molecule has 1 aromatic heterocycles. The van der Waals surface area contributed by atoms with Gasteiger partial charge in [0.1, 0.15) is 0 Å². The normalized spacial score (nSPS) is 12.0. The molecule has 0 saturated heterocycles. The van der Waals surface area contributed by atoms with E-state index in [1.165, 1.54) is 0 Å². The summed E-state index contributed by atoms with van der Waals surface area (Å²) in [5.41, 5.74) is 1.39. The standard InChI is InChI=1S/C12H12N4O/c1-8(5-13)6-14-12(17)9-2-3-10-7-15-16-11(10)4-9/h2-4,7-8H,6H2,1H3,(H,14,17)(H,15,16). The third kappa shape index (κ3) is 2.42. The van der Waals surface area contributed by atoms with Gasteiger partial charge in [-0.2, -0.15) is 10.4 Å². The molecule has 0 aliphatic rings. The fourth-order valence-electron chi connectivity index (χ4n) is 1.47. The number of aromatic nitrogens is 2. The number of carbonyl (C=O) groups is 1. The van der Waals surface area contributed by atoms with Crippen LogP contribution in [0.3, 0.4) is 0 Å². The first-order valence-corrected chi connectivity index (χ1v) is 5.31. The highest BCUT2D eigenvalue weighted by atomic mass is 16.1. The minimum absolute atomic E-state index is 0.177. The summed E-state index contributed by atoms with van der Waals surface area (Å²) < 4.78 is 0. The van der Waals surface area contributed by atoms with Crippen molar-refractivity contribution >= 4 is 16.8 Å². The number of nitriles is 1. The van der Waals surface area contributed by atoms with Crippen LogP contribution in [0, 0.1) is 17.2 Å². The first-order chi connectivity index (χ1) is 8.20. The Balaban J connectivity index is 2.11. The van der Waals surface area contributed by atoms with Crippen LogP contribution in [0.1, 0.15) is 17.3 Å². The highest BCUT2D eigenvalue weighted by Crippen LogP contribution is 2.12. The van der Waals surface area contributed by atoms with Crippen molar-refractivity contribution in [3.63, 3.8) is 0 Å². The zero-order chi connectivity index (χ0) is 12.3. The molecule has 0 bridgehead atoms. The van der Waals surface area contributed by atoms with Gasteiger partial charge in [-0.15, -0.1) is 0 Å². The van der Waals surface area contributed by atoms with Gasteiger partial charge in [-0.05, 0) is 19.1 Å². The lowest BCUT2D eigenvalue weighted by molar-refractivity contribution is 0.0951. The van der Waals surface area contributed by atoms with Crippen LogP contribution < -0.4 is 5.32 Å². The number of hydrogen-bond acceptors (Lipinski definition) is 3. The number of H-pyrrole nitrogens is 1. The predicted octanol–water partition coefficient (Wildman–Crippen LogP) is 1.45. The molecule has 0 spiro atoms. The van der Waals surface area contributed by atoms with Crippen LogP contribution in [0.25, 0.3) is 10.9 Å². The van der Waals surface area contributed by atoms with E-state index in [4.69, 9.17) is 5.26 Å². The molecule has 1 heterocycles.